The molecule has 5 nitrogen and oxygen atoms in total. The lowest BCUT2D eigenvalue weighted by Crippen LogP contribution is -2.03. The van der Waals surface area contributed by atoms with Crippen LogP contribution in [0.5, 0.6) is 0 Å². The quantitative estimate of drug-likeness (QED) is 0.838. The molecule has 0 aromatic carbocycles. The molecule has 0 aliphatic carbocycles. The molecule has 2 aromatic rings. The minimum atomic E-state index is 0.382. The lowest BCUT2D eigenvalue weighted by atomic mass is 10.5. The van der Waals surface area contributed by atoms with Crippen LogP contribution in [0.4, 0.5) is 5.82 Å². The third-order valence-electron chi connectivity index (χ3n) is 1.81. The second-order valence-corrected chi connectivity index (χ2v) is 5.25. The molecule has 0 saturated heterocycles. The minimum Gasteiger partial charge on any atom is -0.384 e. The highest BCUT2D eigenvalue weighted by atomic mass is 32.2. The van der Waals surface area contributed by atoms with Gasteiger partial charge in [0.05, 0.1) is 0 Å². The van der Waals surface area contributed by atoms with Crippen LogP contribution in [0.3, 0.4) is 0 Å². The number of hydrogen-bond acceptors (Lipinski definition) is 7. The first-order chi connectivity index (χ1) is 8.28. The normalized spacial score (nSPS) is 10.6. The molecule has 0 unspecified atom stereocenters. The zero-order valence-corrected chi connectivity index (χ0v) is 10.9. The van der Waals surface area contributed by atoms with E-state index in [9.17, 15) is 0 Å². The number of nitrogens with two attached hydrogens (primary N) is 1. The van der Waals surface area contributed by atoms with Gasteiger partial charge in [-0.2, -0.15) is 0 Å². The van der Waals surface area contributed by atoms with Crippen LogP contribution >= 0.6 is 23.1 Å². The number of aromatic nitrogens is 3. The van der Waals surface area contributed by atoms with Gasteiger partial charge in [0.25, 0.3) is 0 Å². The SMILES string of the molecule is CCOCc1nc(N)cc(Sc2nccs2)n1. The van der Waals surface area contributed by atoms with Crippen molar-refractivity contribution >= 4 is 28.9 Å². The van der Waals surface area contributed by atoms with E-state index in [-0.39, 0.29) is 0 Å². The molecule has 0 atom stereocenters. The second-order valence-electron chi connectivity index (χ2n) is 3.08. The van der Waals surface area contributed by atoms with Crippen molar-refractivity contribution in [3.63, 3.8) is 0 Å². The van der Waals surface area contributed by atoms with Crippen LogP contribution in [0.25, 0.3) is 0 Å². The van der Waals surface area contributed by atoms with Gasteiger partial charge in [0.15, 0.2) is 10.2 Å². The maximum Gasteiger partial charge on any atom is 0.157 e. The van der Waals surface area contributed by atoms with Crippen LogP contribution in [0.2, 0.25) is 0 Å². The summed E-state index contributed by atoms with van der Waals surface area (Å²) in [6.45, 7) is 2.94. The first-order valence-electron chi connectivity index (χ1n) is 5.06. The Morgan fingerprint density at radius 2 is 2.35 bits per heavy atom. The van der Waals surface area contributed by atoms with Gasteiger partial charge in [0, 0.05) is 24.3 Å². The standard InChI is InChI=1S/C10H12N4OS2/c1-2-15-6-8-13-7(11)5-9(14-8)17-10-12-3-4-16-10/h3-5H,2,6H2,1H3,(H2,11,13,14). The van der Waals surface area contributed by atoms with Crippen molar-refractivity contribution in [2.45, 2.75) is 22.9 Å². The molecule has 17 heavy (non-hydrogen) atoms. The molecule has 2 heterocycles. The van der Waals surface area contributed by atoms with Gasteiger partial charge in [0.1, 0.15) is 17.5 Å². The van der Waals surface area contributed by atoms with E-state index in [0.29, 0.717) is 24.9 Å². The smallest absolute Gasteiger partial charge is 0.157 e. The summed E-state index contributed by atoms with van der Waals surface area (Å²) >= 11 is 3.04. The number of hydrogen-bond donors (Lipinski definition) is 1. The average Bonchev–Trinajstić information content (AvgIpc) is 2.78. The van der Waals surface area contributed by atoms with Crippen molar-refractivity contribution in [3.05, 3.63) is 23.5 Å². The lowest BCUT2D eigenvalue weighted by Gasteiger charge is -2.04. The molecule has 2 rings (SSSR count). The molecule has 0 amide bonds. The molecule has 0 radical (unpaired) electrons. The van der Waals surface area contributed by atoms with Crippen LogP contribution in [0.15, 0.2) is 27.0 Å². The topological polar surface area (TPSA) is 73.9 Å². The van der Waals surface area contributed by atoms with E-state index in [4.69, 9.17) is 10.5 Å². The third-order valence-corrected chi connectivity index (χ3v) is 3.61. The van der Waals surface area contributed by atoms with E-state index >= 15 is 0 Å². The van der Waals surface area contributed by atoms with Crippen molar-refractivity contribution in [3.8, 4) is 0 Å². The van der Waals surface area contributed by atoms with Gasteiger partial charge in [-0.1, -0.05) is 0 Å². The fraction of sp³-hybridized carbons (Fsp3) is 0.300. The van der Waals surface area contributed by atoms with Crippen molar-refractivity contribution in [1.82, 2.24) is 15.0 Å². The number of thiazole rings is 1. The summed E-state index contributed by atoms with van der Waals surface area (Å²) in [5.41, 5.74) is 5.72. The number of anilines is 1. The Hall–Kier alpha value is -1.18. The van der Waals surface area contributed by atoms with Gasteiger partial charge in [-0.15, -0.1) is 11.3 Å². The maximum absolute atomic E-state index is 5.72. The zero-order chi connectivity index (χ0) is 12.1. The molecule has 0 fully saturated rings. The molecule has 7 heteroatoms. The monoisotopic (exact) mass is 268 g/mol. The van der Waals surface area contributed by atoms with E-state index in [2.05, 4.69) is 15.0 Å². The molecular formula is C10H12N4OS2. The number of nitrogen functional groups attached to an aromatic ring is 1. The molecule has 0 aliphatic rings. The van der Waals surface area contributed by atoms with E-state index < -0.39 is 0 Å². The molecule has 0 spiro atoms. The van der Waals surface area contributed by atoms with Crippen LogP contribution in [-0.4, -0.2) is 21.6 Å². The molecule has 2 aromatic heterocycles. The van der Waals surface area contributed by atoms with Crippen LogP contribution < -0.4 is 5.73 Å². The van der Waals surface area contributed by atoms with Gasteiger partial charge in [0.2, 0.25) is 0 Å². The summed E-state index contributed by atoms with van der Waals surface area (Å²) in [6.07, 6.45) is 1.76. The summed E-state index contributed by atoms with van der Waals surface area (Å²) in [5.74, 6) is 1.06. The predicted molar refractivity (Wildman–Crippen MR) is 68.0 cm³/mol. The first kappa shape index (κ1) is 12.3. The van der Waals surface area contributed by atoms with Crippen molar-refractivity contribution < 1.29 is 4.74 Å². The van der Waals surface area contributed by atoms with E-state index in [1.165, 1.54) is 11.8 Å². The van der Waals surface area contributed by atoms with Gasteiger partial charge >= 0.3 is 0 Å². The van der Waals surface area contributed by atoms with E-state index in [0.717, 1.165) is 9.37 Å². The summed E-state index contributed by atoms with van der Waals surface area (Å²) in [6, 6.07) is 1.74. The first-order valence-corrected chi connectivity index (χ1v) is 6.76. The van der Waals surface area contributed by atoms with Gasteiger partial charge < -0.3 is 10.5 Å². The molecule has 90 valence electrons. The van der Waals surface area contributed by atoms with Gasteiger partial charge in [-0.25, -0.2) is 15.0 Å². The molecule has 0 bridgehead atoms. The Kier molecular flexibility index (Phi) is 4.29. The highest BCUT2D eigenvalue weighted by molar-refractivity contribution is 8.01. The van der Waals surface area contributed by atoms with Crippen LogP contribution in [0, 0.1) is 0 Å². The Morgan fingerprint density at radius 1 is 1.47 bits per heavy atom. The zero-order valence-electron chi connectivity index (χ0n) is 9.29. The van der Waals surface area contributed by atoms with E-state index in [1.54, 1.807) is 23.6 Å². The summed E-state index contributed by atoms with van der Waals surface area (Å²) < 4.78 is 6.20. The van der Waals surface area contributed by atoms with Crippen LogP contribution in [-0.2, 0) is 11.3 Å². The summed E-state index contributed by atoms with van der Waals surface area (Å²) in [5, 5.41) is 2.72. The average molecular weight is 268 g/mol. The summed E-state index contributed by atoms with van der Waals surface area (Å²) in [7, 11) is 0. The van der Waals surface area contributed by atoms with Gasteiger partial charge in [-0.3, -0.25) is 0 Å². The predicted octanol–water partition coefficient (Wildman–Crippen LogP) is 2.20. The van der Waals surface area contributed by atoms with Crippen molar-refractivity contribution in [2.24, 2.45) is 0 Å². The third kappa shape index (κ3) is 3.65. The maximum atomic E-state index is 5.72. The fourth-order valence-electron chi connectivity index (χ4n) is 1.15. The fourth-order valence-corrected chi connectivity index (χ4v) is 2.75. The largest absolute Gasteiger partial charge is 0.384 e. The molecular weight excluding hydrogens is 256 g/mol. The lowest BCUT2D eigenvalue weighted by molar-refractivity contribution is 0.128. The number of nitrogens with zero attached hydrogens (tertiary/aromatic N) is 3. The Balaban J connectivity index is 2.13. The minimum absolute atomic E-state index is 0.382. The van der Waals surface area contributed by atoms with E-state index in [1.807, 2.05) is 12.3 Å². The summed E-state index contributed by atoms with van der Waals surface area (Å²) in [4.78, 5) is 12.7. The van der Waals surface area contributed by atoms with Crippen molar-refractivity contribution in [2.75, 3.05) is 12.3 Å². The highest BCUT2D eigenvalue weighted by Gasteiger charge is 2.06. The van der Waals surface area contributed by atoms with Gasteiger partial charge in [-0.05, 0) is 18.7 Å². The van der Waals surface area contributed by atoms with Crippen molar-refractivity contribution in [1.29, 1.82) is 0 Å². The molecule has 0 saturated carbocycles. The Bertz CT molecular complexity index is 475. The second kappa shape index (κ2) is 5.95. The number of rotatable bonds is 5. The molecule has 0 aliphatic heterocycles. The highest BCUT2D eigenvalue weighted by Crippen LogP contribution is 2.28. The van der Waals surface area contributed by atoms with Crippen LogP contribution in [0.1, 0.15) is 12.7 Å². The molecule has 2 N–H and O–H groups in total. The Labute approximate surface area is 107 Å². The number of ether oxygens (including phenoxy) is 1. The Morgan fingerprint density at radius 3 is 3.06 bits per heavy atom.